The molecule has 0 heterocycles. The van der Waals surface area contributed by atoms with Gasteiger partial charge in [-0.1, -0.05) is 44.4 Å². The van der Waals surface area contributed by atoms with Crippen LogP contribution in [0.1, 0.15) is 59.9 Å². The summed E-state index contributed by atoms with van der Waals surface area (Å²) in [5.74, 6) is 0. The number of nitrogens with zero attached hydrogens (tertiary/aromatic N) is 2. The van der Waals surface area contributed by atoms with Gasteiger partial charge in [0, 0.05) is 12.3 Å². The molecular formula is C18H32N2. The van der Waals surface area contributed by atoms with E-state index in [0.29, 0.717) is 6.04 Å². The number of aryl methyl sites for hydroxylation is 1. The summed E-state index contributed by atoms with van der Waals surface area (Å²) in [6.07, 6.45) is 6.26. The van der Waals surface area contributed by atoms with E-state index in [9.17, 15) is 0 Å². The molecule has 0 saturated heterocycles. The lowest BCUT2D eigenvalue weighted by atomic mass is 10.2. The Morgan fingerprint density at radius 3 is 1.70 bits per heavy atom. The number of hydrogen-bond donors (Lipinski definition) is 0. The summed E-state index contributed by atoms with van der Waals surface area (Å²) in [5.41, 5.74) is 2.29. The molecule has 0 aromatic heterocycles. The zero-order valence-corrected chi connectivity index (χ0v) is 14.4. The fraction of sp³-hybridized carbons (Fsp3) is 0.556. The maximum Gasteiger partial charge on any atom is 0.0625 e. The van der Waals surface area contributed by atoms with Gasteiger partial charge in [0.05, 0.1) is 5.69 Å². The van der Waals surface area contributed by atoms with Crippen LogP contribution in [0.4, 0.5) is 5.69 Å². The SMILES string of the molecule is CC=NC(C)C.CC=Nc1ccc(C)cc1.CCCC. The molecule has 1 aromatic rings. The summed E-state index contributed by atoms with van der Waals surface area (Å²) in [5, 5.41) is 0. The minimum Gasteiger partial charge on any atom is -0.295 e. The van der Waals surface area contributed by atoms with E-state index in [1.165, 1.54) is 18.4 Å². The van der Waals surface area contributed by atoms with Gasteiger partial charge in [-0.15, -0.1) is 0 Å². The fourth-order valence-corrected chi connectivity index (χ4v) is 1.08. The lowest BCUT2D eigenvalue weighted by Gasteiger charge is -1.92. The second-order valence-corrected chi connectivity index (χ2v) is 4.72. The molecule has 0 fully saturated rings. The zero-order valence-electron chi connectivity index (χ0n) is 14.4. The third kappa shape index (κ3) is 16.6. The Hall–Kier alpha value is -1.44. The average Bonchev–Trinajstić information content (AvgIpc) is 2.42. The molecule has 0 atom stereocenters. The van der Waals surface area contributed by atoms with Crippen LogP contribution in [0.15, 0.2) is 34.3 Å². The molecule has 0 saturated carbocycles. The third-order valence-electron chi connectivity index (χ3n) is 2.26. The minimum absolute atomic E-state index is 0.468. The second-order valence-electron chi connectivity index (χ2n) is 4.72. The molecule has 2 heteroatoms. The van der Waals surface area contributed by atoms with Crippen molar-refractivity contribution < 1.29 is 0 Å². The first-order valence-corrected chi connectivity index (χ1v) is 7.54. The summed E-state index contributed by atoms with van der Waals surface area (Å²) in [7, 11) is 0. The molecule has 0 N–H and O–H groups in total. The van der Waals surface area contributed by atoms with Crippen LogP contribution in [-0.4, -0.2) is 18.5 Å². The molecule has 0 radical (unpaired) electrons. The molecule has 114 valence electrons. The molecule has 0 bridgehead atoms. The van der Waals surface area contributed by atoms with E-state index < -0.39 is 0 Å². The molecule has 1 rings (SSSR count). The summed E-state index contributed by atoms with van der Waals surface area (Å²) in [4.78, 5) is 8.12. The number of unbranched alkanes of at least 4 members (excludes halogenated alkanes) is 1. The monoisotopic (exact) mass is 276 g/mol. The van der Waals surface area contributed by atoms with Gasteiger partial charge in [-0.2, -0.15) is 0 Å². The molecule has 0 aliphatic carbocycles. The molecule has 0 spiro atoms. The van der Waals surface area contributed by atoms with Crippen molar-refractivity contribution in [1.29, 1.82) is 0 Å². The van der Waals surface area contributed by atoms with Crippen molar-refractivity contribution in [2.24, 2.45) is 9.98 Å². The fourth-order valence-electron chi connectivity index (χ4n) is 1.08. The lowest BCUT2D eigenvalue weighted by molar-refractivity contribution is 0.840. The van der Waals surface area contributed by atoms with E-state index >= 15 is 0 Å². The summed E-state index contributed by atoms with van der Waals surface area (Å²) >= 11 is 0. The lowest BCUT2D eigenvalue weighted by Crippen LogP contribution is -1.85. The van der Waals surface area contributed by atoms with E-state index in [2.05, 4.69) is 56.7 Å². The van der Waals surface area contributed by atoms with Gasteiger partial charge < -0.3 is 0 Å². The van der Waals surface area contributed by atoms with E-state index in [1.807, 2.05) is 32.2 Å². The van der Waals surface area contributed by atoms with E-state index in [-0.39, 0.29) is 0 Å². The molecule has 20 heavy (non-hydrogen) atoms. The smallest absolute Gasteiger partial charge is 0.0625 e. The molecule has 2 nitrogen and oxygen atoms in total. The van der Waals surface area contributed by atoms with Crippen LogP contribution in [0, 0.1) is 6.92 Å². The highest BCUT2D eigenvalue weighted by Gasteiger charge is 1.84. The predicted octanol–water partition coefficient (Wildman–Crippen LogP) is 6.01. The van der Waals surface area contributed by atoms with E-state index in [4.69, 9.17) is 0 Å². The Labute approximate surface area is 126 Å². The van der Waals surface area contributed by atoms with Crippen LogP contribution in [0.3, 0.4) is 0 Å². The van der Waals surface area contributed by atoms with Gasteiger partial charge in [-0.25, -0.2) is 0 Å². The quantitative estimate of drug-likeness (QED) is 0.604. The van der Waals surface area contributed by atoms with Crippen molar-refractivity contribution in [1.82, 2.24) is 0 Å². The first-order valence-electron chi connectivity index (χ1n) is 7.54. The van der Waals surface area contributed by atoms with E-state index in [0.717, 1.165) is 5.69 Å². The Morgan fingerprint density at radius 2 is 1.45 bits per heavy atom. The largest absolute Gasteiger partial charge is 0.295 e. The first kappa shape index (κ1) is 20.9. The normalized spacial score (nSPS) is 10.2. The van der Waals surface area contributed by atoms with Crippen molar-refractivity contribution in [2.75, 3.05) is 0 Å². The molecule has 0 aliphatic heterocycles. The molecular weight excluding hydrogens is 244 g/mol. The van der Waals surface area contributed by atoms with Crippen molar-refractivity contribution in [3.05, 3.63) is 29.8 Å². The van der Waals surface area contributed by atoms with Crippen LogP contribution < -0.4 is 0 Å². The van der Waals surface area contributed by atoms with Gasteiger partial charge in [0.1, 0.15) is 0 Å². The molecule has 1 aromatic carbocycles. The standard InChI is InChI=1S/C9H11N.C5H11N.C4H10/c1-3-10-9-6-4-8(2)5-7-9;1-4-6-5(2)3;1-3-4-2/h3-7H,1-2H3;4-5H,1-3H3;3-4H2,1-2H3. The molecule has 0 unspecified atom stereocenters. The van der Waals surface area contributed by atoms with Crippen LogP contribution in [0.5, 0.6) is 0 Å². The number of benzene rings is 1. The maximum absolute atomic E-state index is 4.12. The highest BCUT2D eigenvalue weighted by molar-refractivity contribution is 5.60. The van der Waals surface area contributed by atoms with Gasteiger partial charge in [-0.3, -0.25) is 9.98 Å². The van der Waals surface area contributed by atoms with Crippen LogP contribution in [0.2, 0.25) is 0 Å². The first-order chi connectivity index (χ1) is 9.51. The number of rotatable bonds is 3. The number of aliphatic imine (C=N–C) groups is 2. The van der Waals surface area contributed by atoms with Crippen molar-refractivity contribution in [3.63, 3.8) is 0 Å². The molecule has 0 amide bonds. The highest BCUT2D eigenvalue weighted by atomic mass is 14.7. The van der Waals surface area contributed by atoms with Crippen molar-refractivity contribution in [3.8, 4) is 0 Å². The topological polar surface area (TPSA) is 24.7 Å². The highest BCUT2D eigenvalue weighted by Crippen LogP contribution is 2.10. The minimum atomic E-state index is 0.468. The third-order valence-corrected chi connectivity index (χ3v) is 2.26. The summed E-state index contributed by atoms with van der Waals surface area (Å²) in [6, 6.07) is 8.60. The van der Waals surface area contributed by atoms with Gasteiger partial charge in [0.2, 0.25) is 0 Å². The Balaban J connectivity index is 0. The Bertz CT molecular complexity index is 346. The van der Waals surface area contributed by atoms with Crippen molar-refractivity contribution >= 4 is 18.1 Å². The predicted molar refractivity (Wildman–Crippen MR) is 94.9 cm³/mol. The zero-order chi connectivity index (χ0) is 15.8. The van der Waals surface area contributed by atoms with E-state index in [1.54, 1.807) is 6.21 Å². The Kier molecular flexibility index (Phi) is 16.3. The number of hydrogen-bond acceptors (Lipinski definition) is 2. The van der Waals surface area contributed by atoms with Crippen molar-refractivity contribution in [2.45, 2.75) is 67.3 Å². The van der Waals surface area contributed by atoms with Gasteiger partial charge in [0.15, 0.2) is 0 Å². The second kappa shape index (κ2) is 15.6. The van der Waals surface area contributed by atoms with Gasteiger partial charge >= 0.3 is 0 Å². The summed E-state index contributed by atoms with van der Waals surface area (Å²) in [6.45, 7) is 14.4. The van der Waals surface area contributed by atoms with Gasteiger partial charge in [0.25, 0.3) is 0 Å². The van der Waals surface area contributed by atoms with Crippen LogP contribution in [-0.2, 0) is 0 Å². The van der Waals surface area contributed by atoms with Crippen LogP contribution >= 0.6 is 0 Å². The Morgan fingerprint density at radius 1 is 0.950 bits per heavy atom. The molecule has 0 aliphatic rings. The van der Waals surface area contributed by atoms with Gasteiger partial charge in [-0.05, 0) is 53.0 Å². The van der Waals surface area contributed by atoms with Crippen LogP contribution in [0.25, 0.3) is 0 Å². The average molecular weight is 276 g/mol. The maximum atomic E-state index is 4.12. The summed E-state index contributed by atoms with van der Waals surface area (Å²) < 4.78 is 0.